The molecule has 0 aliphatic heterocycles. The molecule has 0 radical (unpaired) electrons. The van der Waals surface area contributed by atoms with Crippen molar-refractivity contribution in [1.82, 2.24) is 15.0 Å². The Kier molecular flexibility index (Phi) is 22.9. The Balaban J connectivity index is 1.15. The molecule has 2 N–H and O–H groups in total. The minimum Gasteiger partial charge on any atom is -0.507 e. The van der Waals surface area contributed by atoms with Gasteiger partial charge >= 0.3 is 11.9 Å². The van der Waals surface area contributed by atoms with Crippen molar-refractivity contribution in [3.8, 4) is 62.9 Å². The van der Waals surface area contributed by atoms with Crippen LogP contribution in [0, 0.1) is 0 Å². The molecule has 0 fully saturated rings. The van der Waals surface area contributed by atoms with E-state index < -0.39 is 18.2 Å². The van der Waals surface area contributed by atoms with Gasteiger partial charge in [0.2, 0.25) is 0 Å². The Labute approximate surface area is 389 Å². The number of phenols is 2. The maximum absolute atomic E-state index is 12.8. The number of hydrogen-bond donors (Lipinski definition) is 2. The first kappa shape index (κ1) is 52.6. The van der Waals surface area contributed by atoms with Crippen LogP contribution in [0.25, 0.3) is 34.2 Å². The van der Waals surface area contributed by atoms with Crippen LogP contribution in [0.5, 0.6) is 28.7 Å². The third-order valence-corrected chi connectivity index (χ3v) is 11.1. The number of phenolic OH excluding ortho intramolecular Hbond substituents is 2. The summed E-state index contributed by atoms with van der Waals surface area (Å²) in [6.45, 7) is 7.07. The highest BCUT2D eigenvalue weighted by molar-refractivity contribution is 5.80. The summed E-state index contributed by atoms with van der Waals surface area (Å²) in [7, 11) is 1.56. The van der Waals surface area contributed by atoms with E-state index in [0.29, 0.717) is 43.1 Å². The van der Waals surface area contributed by atoms with Crippen LogP contribution in [0.3, 0.4) is 0 Å². The lowest BCUT2D eigenvalue weighted by Crippen LogP contribution is -2.26. The van der Waals surface area contributed by atoms with E-state index in [2.05, 4.69) is 15.0 Å². The van der Waals surface area contributed by atoms with Crippen molar-refractivity contribution >= 4 is 23.5 Å². The standard InChI is InChI=1S/C52H69N3O11/c1-36(56)22-18-14-10-11-15-19-23-48(60)63-32-20-16-12-8-6-7-9-13-17-21-33-64-52(61)39(4)66-43-29-31-45(47(59)35-43)51-54-49(40-24-26-41(62-5)27-25-40)53-50(55-51)44-30-28-42(34-46(44)58)65-38(3)37(2)57/h24-31,34-35,38-39,58-59H,6-23,32-33H2,1-5H3. The van der Waals surface area contributed by atoms with E-state index in [1.807, 2.05) is 0 Å². The first-order valence-electron chi connectivity index (χ1n) is 23.6. The molecule has 0 saturated carbocycles. The number of rotatable bonds is 32. The van der Waals surface area contributed by atoms with Crippen LogP contribution in [0.15, 0.2) is 60.7 Å². The molecular formula is C52H69N3O11. The van der Waals surface area contributed by atoms with Gasteiger partial charge in [0.1, 0.15) is 34.5 Å². The monoisotopic (exact) mass is 911 g/mol. The van der Waals surface area contributed by atoms with Gasteiger partial charge in [0, 0.05) is 30.5 Å². The summed E-state index contributed by atoms with van der Waals surface area (Å²) in [5, 5.41) is 22.2. The quantitative estimate of drug-likeness (QED) is 0.0347. The van der Waals surface area contributed by atoms with E-state index in [9.17, 15) is 29.4 Å². The Hall–Kier alpha value is -6.05. The first-order chi connectivity index (χ1) is 31.8. The van der Waals surface area contributed by atoms with Crippen molar-refractivity contribution in [2.24, 2.45) is 0 Å². The third kappa shape index (κ3) is 18.8. The maximum Gasteiger partial charge on any atom is 0.347 e. The molecule has 1 aromatic heterocycles. The van der Waals surface area contributed by atoms with Crippen molar-refractivity contribution in [2.45, 2.75) is 155 Å². The Morgan fingerprint density at radius 3 is 1.41 bits per heavy atom. The molecule has 2 unspecified atom stereocenters. The summed E-state index contributed by atoms with van der Waals surface area (Å²) < 4.78 is 27.6. The lowest BCUT2D eigenvalue weighted by Gasteiger charge is -2.15. The van der Waals surface area contributed by atoms with E-state index in [1.54, 1.807) is 76.4 Å². The van der Waals surface area contributed by atoms with Gasteiger partial charge in [0.15, 0.2) is 35.5 Å². The summed E-state index contributed by atoms with van der Waals surface area (Å²) in [4.78, 5) is 61.3. The second-order valence-electron chi connectivity index (χ2n) is 16.8. The number of methoxy groups -OCH3 is 1. The van der Waals surface area contributed by atoms with E-state index in [-0.39, 0.29) is 63.4 Å². The van der Waals surface area contributed by atoms with Crippen LogP contribution in [0.4, 0.5) is 0 Å². The normalized spacial score (nSPS) is 12.0. The smallest absolute Gasteiger partial charge is 0.347 e. The summed E-state index contributed by atoms with van der Waals surface area (Å²) >= 11 is 0. The first-order valence-corrected chi connectivity index (χ1v) is 23.6. The highest BCUT2D eigenvalue weighted by Gasteiger charge is 2.21. The number of carbonyl (C=O) groups excluding carboxylic acids is 4. The summed E-state index contributed by atoms with van der Waals surface area (Å²) in [6, 6.07) is 16.2. The summed E-state index contributed by atoms with van der Waals surface area (Å²) in [5.41, 5.74) is 1.16. The molecule has 358 valence electrons. The summed E-state index contributed by atoms with van der Waals surface area (Å²) in [5.74, 6) is 0.794. The van der Waals surface area contributed by atoms with Crippen molar-refractivity contribution in [2.75, 3.05) is 20.3 Å². The van der Waals surface area contributed by atoms with E-state index >= 15 is 0 Å². The highest BCUT2D eigenvalue weighted by Crippen LogP contribution is 2.36. The zero-order valence-electron chi connectivity index (χ0n) is 39.5. The third-order valence-electron chi connectivity index (χ3n) is 11.1. The second-order valence-corrected chi connectivity index (χ2v) is 16.8. The molecule has 14 heteroatoms. The fraction of sp³-hybridized carbons (Fsp3) is 0.519. The fourth-order valence-electron chi connectivity index (χ4n) is 7.09. The van der Waals surface area contributed by atoms with Crippen molar-refractivity contribution < 1.29 is 53.1 Å². The number of aromatic nitrogens is 3. The molecular weight excluding hydrogens is 843 g/mol. The molecule has 0 bridgehead atoms. The summed E-state index contributed by atoms with van der Waals surface area (Å²) in [6.07, 6.45) is 16.2. The molecule has 14 nitrogen and oxygen atoms in total. The van der Waals surface area contributed by atoms with Gasteiger partial charge in [-0.25, -0.2) is 19.7 Å². The van der Waals surface area contributed by atoms with Crippen LogP contribution >= 0.6 is 0 Å². The molecule has 0 amide bonds. The van der Waals surface area contributed by atoms with Crippen LogP contribution < -0.4 is 14.2 Å². The van der Waals surface area contributed by atoms with Gasteiger partial charge in [-0.1, -0.05) is 77.0 Å². The molecule has 0 saturated heterocycles. The molecule has 0 aliphatic carbocycles. The Morgan fingerprint density at radius 1 is 0.515 bits per heavy atom. The Bertz CT molecular complexity index is 2140. The molecule has 0 spiro atoms. The van der Waals surface area contributed by atoms with Crippen LogP contribution in [0.2, 0.25) is 0 Å². The van der Waals surface area contributed by atoms with Gasteiger partial charge in [-0.05, 0) is 102 Å². The van der Waals surface area contributed by atoms with Gasteiger partial charge in [-0.3, -0.25) is 9.59 Å². The number of aromatic hydroxyl groups is 2. The number of unbranched alkanes of at least 4 members (excludes halogenated alkanes) is 14. The second kappa shape index (κ2) is 28.8. The Morgan fingerprint density at radius 2 is 0.939 bits per heavy atom. The van der Waals surface area contributed by atoms with Gasteiger partial charge in [-0.2, -0.15) is 0 Å². The molecule has 2 atom stereocenters. The SMILES string of the molecule is COc1ccc(-c2nc(-c3ccc(OC(C)C(C)=O)cc3O)nc(-c3ccc(OC(C)C(=O)OCCCCCCCCCCCCOC(=O)CCCCCCCCC(C)=O)cc3O)n2)cc1. The zero-order chi connectivity index (χ0) is 47.7. The number of ketones is 2. The average Bonchev–Trinajstić information content (AvgIpc) is 3.29. The van der Waals surface area contributed by atoms with Crippen LogP contribution in [-0.2, 0) is 28.7 Å². The molecule has 1 heterocycles. The van der Waals surface area contributed by atoms with Crippen molar-refractivity contribution in [3.05, 3.63) is 60.7 Å². The molecule has 0 aliphatic rings. The minimum absolute atomic E-state index is 0.0959. The molecule has 4 rings (SSSR count). The van der Waals surface area contributed by atoms with E-state index in [1.165, 1.54) is 31.9 Å². The highest BCUT2D eigenvalue weighted by atomic mass is 16.6. The predicted molar refractivity (Wildman–Crippen MR) is 253 cm³/mol. The van der Waals surface area contributed by atoms with Crippen molar-refractivity contribution in [3.63, 3.8) is 0 Å². The topological polar surface area (TPSA) is 194 Å². The van der Waals surface area contributed by atoms with Gasteiger partial charge < -0.3 is 38.7 Å². The van der Waals surface area contributed by atoms with E-state index in [4.69, 9.17) is 23.7 Å². The van der Waals surface area contributed by atoms with Crippen LogP contribution in [-0.4, -0.2) is 81.2 Å². The number of ether oxygens (including phenoxy) is 5. The van der Waals surface area contributed by atoms with E-state index in [0.717, 1.165) is 89.9 Å². The number of Topliss-reactive ketones (excluding diaryl/α,β-unsaturated/α-hetero) is 2. The number of nitrogens with zero attached hydrogens (tertiary/aromatic N) is 3. The molecule has 66 heavy (non-hydrogen) atoms. The average molecular weight is 912 g/mol. The zero-order valence-corrected chi connectivity index (χ0v) is 39.5. The minimum atomic E-state index is -0.919. The van der Waals surface area contributed by atoms with Gasteiger partial charge in [0.25, 0.3) is 0 Å². The van der Waals surface area contributed by atoms with Gasteiger partial charge in [0.05, 0.1) is 31.5 Å². The van der Waals surface area contributed by atoms with Gasteiger partial charge in [-0.15, -0.1) is 0 Å². The number of hydrogen-bond acceptors (Lipinski definition) is 14. The lowest BCUT2D eigenvalue weighted by atomic mass is 10.1. The molecule has 4 aromatic rings. The predicted octanol–water partition coefficient (Wildman–Crippen LogP) is 11.1. The fourth-order valence-corrected chi connectivity index (χ4v) is 7.09. The largest absolute Gasteiger partial charge is 0.507 e. The number of benzene rings is 3. The van der Waals surface area contributed by atoms with Crippen molar-refractivity contribution in [1.29, 1.82) is 0 Å². The number of carbonyl (C=O) groups is 4. The maximum atomic E-state index is 12.8. The lowest BCUT2D eigenvalue weighted by molar-refractivity contribution is -0.151. The molecule has 3 aromatic carbocycles. The van der Waals surface area contributed by atoms with Crippen LogP contribution in [0.1, 0.15) is 143 Å². The number of esters is 2.